The van der Waals surface area contributed by atoms with Crippen molar-refractivity contribution in [2.45, 2.75) is 64.5 Å². The molecule has 2 unspecified atom stereocenters. The predicted molar refractivity (Wildman–Crippen MR) is 135 cm³/mol. The minimum Gasteiger partial charge on any atom is -0.444 e. The standard InChI is InChI=1S/C22H35N5O3.HI/c1-6-9-16(26-21(29)30-22(2,3)4)14-25-20(23-5)24-13-15-12-19(28)27-18-11-8-7-10-17(15)18;/h7-8,10-11,15-16H,6,9,12-14H2,1-5H3,(H,26,29)(H,27,28)(H2,23,24,25);1H. The molecule has 31 heavy (non-hydrogen) atoms. The number of guanidine groups is 1. The lowest BCUT2D eigenvalue weighted by Gasteiger charge is -2.27. The van der Waals surface area contributed by atoms with Crippen LogP contribution in [0.4, 0.5) is 10.5 Å². The van der Waals surface area contributed by atoms with Crippen molar-refractivity contribution in [1.82, 2.24) is 16.0 Å². The quantitative estimate of drug-likeness (QED) is 0.238. The molecule has 0 fully saturated rings. The molecule has 9 heteroatoms. The van der Waals surface area contributed by atoms with Crippen molar-refractivity contribution in [3.8, 4) is 0 Å². The van der Waals surface area contributed by atoms with E-state index in [1.54, 1.807) is 7.05 Å². The Morgan fingerprint density at radius 3 is 2.65 bits per heavy atom. The van der Waals surface area contributed by atoms with Crippen molar-refractivity contribution in [3.63, 3.8) is 0 Å². The first-order chi connectivity index (χ1) is 14.2. The number of anilines is 1. The summed E-state index contributed by atoms with van der Waals surface area (Å²) in [5, 5.41) is 12.4. The van der Waals surface area contributed by atoms with E-state index in [0.29, 0.717) is 25.5 Å². The number of hydrogen-bond donors (Lipinski definition) is 4. The van der Waals surface area contributed by atoms with Gasteiger partial charge in [0, 0.05) is 44.2 Å². The smallest absolute Gasteiger partial charge is 0.407 e. The first-order valence-electron chi connectivity index (χ1n) is 10.5. The summed E-state index contributed by atoms with van der Waals surface area (Å²) < 4.78 is 5.36. The molecular formula is C22H36IN5O3. The van der Waals surface area contributed by atoms with Gasteiger partial charge in [0.25, 0.3) is 0 Å². The first kappa shape index (κ1) is 27.0. The zero-order valence-corrected chi connectivity index (χ0v) is 21.4. The Labute approximate surface area is 202 Å². The Bertz CT molecular complexity index is 764. The van der Waals surface area contributed by atoms with Crippen LogP contribution in [-0.4, -0.2) is 49.7 Å². The zero-order chi connectivity index (χ0) is 22.1. The summed E-state index contributed by atoms with van der Waals surface area (Å²) in [6.07, 6.45) is 1.76. The van der Waals surface area contributed by atoms with Gasteiger partial charge in [0.05, 0.1) is 0 Å². The fourth-order valence-electron chi connectivity index (χ4n) is 3.39. The van der Waals surface area contributed by atoms with Crippen molar-refractivity contribution in [3.05, 3.63) is 29.8 Å². The highest BCUT2D eigenvalue weighted by Gasteiger charge is 2.25. The van der Waals surface area contributed by atoms with Gasteiger partial charge in [-0.25, -0.2) is 4.79 Å². The maximum Gasteiger partial charge on any atom is 0.407 e. The van der Waals surface area contributed by atoms with E-state index in [9.17, 15) is 9.59 Å². The van der Waals surface area contributed by atoms with Crippen LogP contribution in [0.3, 0.4) is 0 Å². The third kappa shape index (κ3) is 9.32. The van der Waals surface area contributed by atoms with Crippen LogP contribution in [0.2, 0.25) is 0 Å². The van der Waals surface area contributed by atoms with Crippen LogP contribution in [0.15, 0.2) is 29.3 Å². The van der Waals surface area contributed by atoms with Gasteiger partial charge in [-0.2, -0.15) is 0 Å². The molecule has 0 saturated carbocycles. The third-order valence-corrected chi connectivity index (χ3v) is 4.72. The molecule has 2 atom stereocenters. The number of nitrogens with one attached hydrogen (secondary N) is 4. The Balaban J connectivity index is 0.00000480. The summed E-state index contributed by atoms with van der Waals surface area (Å²) in [4.78, 5) is 28.4. The molecule has 1 aromatic carbocycles. The number of rotatable bonds is 7. The van der Waals surface area contributed by atoms with Gasteiger partial charge in [-0.1, -0.05) is 31.5 Å². The average Bonchev–Trinajstić information content (AvgIpc) is 2.66. The third-order valence-electron chi connectivity index (χ3n) is 4.72. The monoisotopic (exact) mass is 545 g/mol. The van der Waals surface area contributed by atoms with E-state index in [4.69, 9.17) is 4.74 Å². The topological polar surface area (TPSA) is 104 Å². The van der Waals surface area contributed by atoms with Gasteiger partial charge < -0.3 is 26.0 Å². The minimum absolute atomic E-state index is 0. The number of para-hydroxylation sites is 1. The number of aliphatic imine (C=N–C) groups is 1. The zero-order valence-electron chi connectivity index (χ0n) is 19.1. The molecule has 2 rings (SSSR count). The van der Waals surface area contributed by atoms with E-state index in [-0.39, 0.29) is 41.8 Å². The van der Waals surface area contributed by atoms with Crippen LogP contribution in [0, 0.1) is 0 Å². The fraction of sp³-hybridized carbons (Fsp3) is 0.591. The van der Waals surface area contributed by atoms with E-state index in [2.05, 4.69) is 33.2 Å². The summed E-state index contributed by atoms with van der Waals surface area (Å²) in [5.74, 6) is 0.721. The summed E-state index contributed by atoms with van der Waals surface area (Å²) in [5.41, 5.74) is 1.46. The summed E-state index contributed by atoms with van der Waals surface area (Å²) in [6.45, 7) is 8.71. The van der Waals surface area contributed by atoms with Crippen LogP contribution >= 0.6 is 24.0 Å². The highest BCUT2D eigenvalue weighted by atomic mass is 127. The van der Waals surface area contributed by atoms with Gasteiger partial charge >= 0.3 is 6.09 Å². The largest absolute Gasteiger partial charge is 0.444 e. The van der Waals surface area contributed by atoms with E-state index < -0.39 is 11.7 Å². The molecule has 0 aliphatic carbocycles. The second-order valence-corrected chi connectivity index (χ2v) is 8.50. The fourth-order valence-corrected chi connectivity index (χ4v) is 3.39. The second-order valence-electron chi connectivity index (χ2n) is 8.50. The number of carbonyl (C=O) groups is 2. The van der Waals surface area contributed by atoms with E-state index in [1.807, 2.05) is 45.0 Å². The number of amides is 2. The first-order valence-corrected chi connectivity index (χ1v) is 10.5. The molecule has 0 radical (unpaired) electrons. The van der Waals surface area contributed by atoms with Crippen molar-refractivity contribution in [1.29, 1.82) is 0 Å². The molecule has 1 heterocycles. The molecule has 0 saturated heterocycles. The van der Waals surface area contributed by atoms with Crippen LogP contribution in [0.5, 0.6) is 0 Å². The second kappa shape index (κ2) is 12.7. The van der Waals surface area contributed by atoms with Gasteiger partial charge in [-0.05, 0) is 38.8 Å². The molecule has 1 aliphatic rings. The summed E-state index contributed by atoms with van der Waals surface area (Å²) >= 11 is 0. The Morgan fingerprint density at radius 1 is 1.29 bits per heavy atom. The van der Waals surface area contributed by atoms with Gasteiger partial charge in [0.1, 0.15) is 5.60 Å². The van der Waals surface area contributed by atoms with Crippen molar-refractivity contribution in [2.24, 2.45) is 4.99 Å². The maximum absolute atomic E-state index is 12.1. The lowest BCUT2D eigenvalue weighted by molar-refractivity contribution is -0.116. The molecule has 0 aromatic heterocycles. The molecule has 0 spiro atoms. The van der Waals surface area contributed by atoms with Crippen LogP contribution in [0.25, 0.3) is 0 Å². The van der Waals surface area contributed by atoms with Gasteiger partial charge in [0.15, 0.2) is 5.96 Å². The SMILES string of the molecule is CCCC(CNC(=NC)NCC1CC(=O)Nc2ccccc21)NC(=O)OC(C)(C)C.I. The van der Waals surface area contributed by atoms with Gasteiger partial charge in [0.2, 0.25) is 5.91 Å². The number of alkyl carbamates (subject to hydrolysis) is 1. The van der Waals surface area contributed by atoms with Crippen molar-refractivity contribution >= 4 is 47.6 Å². The lowest BCUT2D eigenvalue weighted by atomic mass is 9.90. The normalized spacial score (nSPS) is 16.9. The number of halogens is 1. The van der Waals surface area contributed by atoms with Crippen LogP contribution < -0.4 is 21.3 Å². The highest BCUT2D eigenvalue weighted by Crippen LogP contribution is 2.31. The number of carbonyl (C=O) groups excluding carboxylic acids is 2. The van der Waals surface area contributed by atoms with Crippen molar-refractivity contribution < 1.29 is 14.3 Å². The van der Waals surface area contributed by atoms with Crippen molar-refractivity contribution in [2.75, 3.05) is 25.5 Å². The molecule has 4 N–H and O–H groups in total. The maximum atomic E-state index is 12.1. The molecule has 1 aliphatic heterocycles. The molecule has 8 nitrogen and oxygen atoms in total. The Kier molecular flexibility index (Phi) is 11.1. The van der Waals surface area contributed by atoms with Gasteiger partial charge in [-0.15, -0.1) is 24.0 Å². The molecular weight excluding hydrogens is 509 g/mol. The van der Waals surface area contributed by atoms with E-state index >= 15 is 0 Å². The van der Waals surface area contributed by atoms with E-state index in [1.165, 1.54) is 0 Å². The number of benzene rings is 1. The number of hydrogen-bond acceptors (Lipinski definition) is 4. The Hall–Kier alpha value is -2.04. The molecule has 0 bridgehead atoms. The summed E-state index contributed by atoms with van der Waals surface area (Å²) in [6, 6.07) is 7.78. The molecule has 1 aromatic rings. The van der Waals surface area contributed by atoms with Gasteiger partial charge in [-0.3, -0.25) is 9.79 Å². The number of fused-ring (bicyclic) bond motifs is 1. The van der Waals surface area contributed by atoms with E-state index in [0.717, 1.165) is 24.1 Å². The highest BCUT2D eigenvalue weighted by molar-refractivity contribution is 14.0. The number of ether oxygens (including phenoxy) is 1. The number of nitrogens with zero attached hydrogens (tertiary/aromatic N) is 1. The molecule has 174 valence electrons. The average molecular weight is 545 g/mol. The van der Waals surface area contributed by atoms with Crippen LogP contribution in [-0.2, 0) is 9.53 Å². The minimum atomic E-state index is -0.533. The molecule has 2 amide bonds. The lowest BCUT2D eigenvalue weighted by Crippen LogP contribution is -2.48. The van der Waals surface area contributed by atoms with Crippen LogP contribution in [0.1, 0.15) is 58.4 Å². The summed E-state index contributed by atoms with van der Waals surface area (Å²) in [7, 11) is 1.70. The Morgan fingerprint density at radius 2 is 2.00 bits per heavy atom. The predicted octanol–water partition coefficient (Wildman–Crippen LogP) is 3.59.